The number of ether oxygens (including phenoxy) is 1. The molecule has 1 saturated carbocycles. The first-order chi connectivity index (χ1) is 7.23. The van der Waals surface area contributed by atoms with Crippen LogP contribution < -0.4 is 5.73 Å². The number of hydrogen-bond donors (Lipinski definition) is 1. The maximum atomic E-state index is 11.8. The third kappa shape index (κ3) is 1.66. The molecule has 2 N–H and O–H groups in total. The standard InChI is InChI=1S/C11H20N2O2/c1-15-7-10(14)13-6-5-11(8-12)4-2-3-9(11)13/h9H,2-8,12H2,1H3/t9-,11-/m0/s1. The SMILES string of the molecule is COCC(=O)N1CC[C@]2(CN)CCC[C@H]12. The summed E-state index contributed by atoms with van der Waals surface area (Å²) in [6.07, 6.45) is 4.58. The van der Waals surface area contributed by atoms with E-state index in [4.69, 9.17) is 10.5 Å². The van der Waals surface area contributed by atoms with Crippen LogP contribution in [0, 0.1) is 5.41 Å². The Bertz CT molecular complexity index is 257. The molecule has 2 fully saturated rings. The topological polar surface area (TPSA) is 55.6 Å². The van der Waals surface area contributed by atoms with Crippen LogP contribution in [0.3, 0.4) is 0 Å². The summed E-state index contributed by atoms with van der Waals surface area (Å²) in [5, 5.41) is 0. The summed E-state index contributed by atoms with van der Waals surface area (Å²) in [6.45, 7) is 1.79. The molecule has 0 aromatic heterocycles. The molecule has 15 heavy (non-hydrogen) atoms. The molecule has 1 heterocycles. The fourth-order valence-corrected chi connectivity index (χ4v) is 3.24. The number of amides is 1. The molecule has 0 aromatic carbocycles. The highest BCUT2D eigenvalue weighted by Gasteiger charge is 2.50. The predicted octanol–water partition coefficient (Wildman–Crippen LogP) is 0.363. The average Bonchev–Trinajstić information content (AvgIpc) is 2.75. The molecule has 0 unspecified atom stereocenters. The molecule has 0 aromatic rings. The van der Waals surface area contributed by atoms with Crippen molar-refractivity contribution in [3.05, 3.63) is 0 Å². The summed E-state index contributed by atoms with van der Waals surface area (Å²) < 4.78 is 4.91. The maximum absolute atomic E-state index is 11.8. The van der Waals surface area contributed by atoms with Crippen LogP contribution >= 0.6 is 0 Å². The first kappa shape index (κ1) is 10.9. The molecule has 2 rings (SSSR count). The Balaban J connectivity index is 2.08. The van der Waals surface area contributed by atoms with Crippen molar-refractivity contribution in [2.45, 2.75) is 31.7 Å². The van der Waals surface area contributed by atoms with Gasteiger partial charge >= 0.3 is 0 Å². The highest BCUT2D eigenvalue weighted by molar-refractivity contribution is 5.78. The van der Waals surface area contributed by atoms with Crippen molar-refractivity contribution in [1.82, 2.24) is 4.90 Å². The Labute approximate surface area is 90.8 Å². The Morgan fingerprint density at radius 1 is 1.60 bits per heavy atom. The second kappa shape index (κ2) is 4.10. The van der Waals surface area contributed by atoms with E-state index in [0.29, 0.717) is 12.6 Å². The number of rotatable bonds is 3. The minimum absolute atomic E-state index is 0.125. The van der Waals surface area contributed by atoms with Crippen LogP contribution in [0.2, 0.25) is 0 Å². The third-order valence-corrected chi connectivity index (χ3v) is 4.08. The zero-order valence-electron chi connectivity index (χ0n) is 9.37. The third-order valence-electron chi connectivity index (χ3n) is 4.08. The van der Waals surface area contributed by atoms with E-state index in [0.717, 1.165) is 19.4 Å². The van der Waals surface area contributed by atoms with Crippen molar-refractivity contribution in [2.24, 2.45) is 11.1 Å². The van der Waals surface area contributed by atoms with Gasteiger partial charge in [0.1, 0.15) is 6.61 Å². The van der Waals surface area contributed by atoms with Gasteiger partial charge in [-0.2, -0.15) is 0 Å². The lowest BCUT2D eigenvalue weighted by molar-refractivity contribution is -0.136. The average molecular weight is 212 g/mol. The Morgan fingerprint density at radius 3 is 3.07 bits per heavy atom. The van der Waals surface area contributed by atoms with Gasteiger partial charge in [-0.15, -0.1) is 0 Å². The molecule has 4 nitrogen and oxygen atoms in total. The second-order valence-electron chi connectivity index (χ2n) is 4.74. The van der Waals surface area contributed by atoms with Gasteiger partial charge in [0.15, 0.2) is 0 Å². The van der Waals surface area contributed by atoms with Gasteiger partial charge in [-0.1, -0.05) is 6.42 Å². The second-order valence-corrected chi connectivity index (χ2v) is 4.74. The van der Waals surface area contributed by atoms with E-state index in [1.165, 1.54) is 12.8 Å². The summed E-state index contributed by atoms with van der Waals surface area (Å²) in [4.78, 5) is 13.8. The van der Waals surface area contributed by atoms with E-state index in [1.54, 1.807) is 7.11 Å². The van der Waals surface area contributed by atoms with E-state index in [-0.39, 0.29) is 17.9 Å². The highest BCUT2D eigenvalue weighted by atomic mass is 16.5. The maximum Gasteiger partial charge on any atom is 0.248 e. The number of hydrogen-bond acceptors (Lipinski definition) is 3. The van der Waals surface area contributed by atoms with E-state index in [9.17, 15) is 4.79 Å². The molecule has 1 aliphatic heterocycles. The minimum Gasteiger partial charge on any atom is -0.375 e. The summed E-state index contributed by atoms with van der Waals surface area (Å²) >= 11 is 0. The van der Waals surface area contributed by atoms with Crippen molar-refractivity contribution in [3.8, 4) is 0 Å². The number of carbonyl (C=O) groups is 1. The van der Waals surface area contributed by atoms with Gasteiger partial charge in [0, 0.05) is 25.1 Å². The van der Waals surface area contributed by atoms with Crippen molar-refractivity contribution in [2.75, 3.05) is 26.8 Å². The van der Waals surface area contributed by atoms with Crippen molar-refractivity contribution < 1.29 is 9.53 Å². The van der Waals surface area contributed by atoms with Crippen LogP contribution in [0.25, 0.3) is 0 Å². The van der Waals surface area contributed by atoms with Crippen LogP contribution in [-0.2, 0) is 9.53 Å². The minimum atomic E-state index is 0.125. The molecular formula is C11H20N2O2. The zero-order valence-corrected chi connectivity index (χ0v) is 9.37. The lowest BCUT2D eigenvalue weighted by Gasteiger charge is -2.31. The van der Waals surface area contributed by atoms with Gasteiger partial charge in [0.05, 0.1) is 0 Å². The number of methoxy groups -OCH3 is 1. The molecule has 1 aliphatic carbocycles. The zero-order chi connectivity index (χ0) is 10.9. The molecule has 1 saturated heterocycles. The molecule has 2 aliphatic rings. The van der Waals surface area contributed by atoms with Crippen LogP contribution in [-0.4, -0.2) is 43.7 Å². The molecule has 1 amide bonds. The smallest absolute Gasteiger partial charge is 0.248 e. The fraction of sp³-hybridized carbons (Fsp3) is 0.909. The normalized spacial score (nSPS) is 34.5. The van der Waals surface area contributed by atoms with Crippen LogP contribution in [0.5, 0.6) is 0 Å². The molecule has 0 spiro atoms. The molecule has 86 valence electrons. The number of likely N-dealkylation sites (tertiary alicyclic amines) is 1. The largest absolute Gasteiger partial charge is 0.375 e. The number of nitrogens with two attached hydrogens (primary N) is 1. The predicted molar refractivity (Wildman–Crippen MR) is 57.3 cm³/mol. The van der Waals surface area contributed by atoms with Crippen LogP contribution in [0.1, 0.15) is 25.7 Å². The molecule has 4 heteroatoms. The van der Waals surface area contributed by atoms with Crippen molar-refractivity contribution in [1.29, 1.82) is 0 Å². The molecule has 0 bridgehead atoms. The Hall–Kier alpha value is -0.610. The fourth-order valence-electron chi connectivity index (χ4n) is 3.24. The Morgan fingerprint density at radius 2 is 2.40 bits per heavy atom. The monoisotopic (exact) mass is 212 g/mol. The van der Waals surface area contributed by atoms with Crippen LogP contribution in [0.15, 0.2) is 0 Å². The van der Waals surface area contributed by atoms with Gasteiger partial charge in [-0.25, -0.2) is 0 Å². The van der Waals surface area contributed by atoms with Crippen molar-refractivity contribution in [3.63, 3.8) is 0 Å². The van der Waals surface area contributed by atoms with E-state index < -0.39 is 0 Å². The van der Waals surface area contributed by atoms with Gasteiger partial charge < -0.3 is 15.4 Å². The lowest BCUT2D eigenvalue weighted by Crippen LogP contribution is -2.43. The summed E-state index contributed by atoms with van der Waals surface area (Å²) in [5.41, 5.74) is 6.10. The number of carbonyl (C=O) groups excluding carboxylic acids is 1. The van der Waals surface area contributed by atoms with Gasteiger partial charge in [-0.3, -0.25) is 4.79 Å². The summed E-state index contributed by atoms with van der Waals surface area (Å²) in [5.74, 6) is 0.125. The van der Waals surface area contributed by atoms with E-state index in [1.807, 2.05) is 4.90 Å². The molecule has 0 radical (unpaired) electrons. The van der Waals surface area contributed by atoms with Gasteiger partial charge in [-0.05, 0) is 25.8 Å². The van der Waals surface area contributed by atoms with Gasteiger partial charge in [0.2, 0.25) is 5.91 Å². The molecular weight excluding hydrogens is 192 g/mol. The van der Waals surface area contributed by atoms with Gasteiger partial charge in [0.25, 0.3) is 0 Å². The van der Waals surface area contributed by atoms with Crippen LogP contribution in [0.4, 0.5) is 0 Å². The first-order valence-electron chi connectivity index (χ1n) is 5.72. The lowest BCUT2D eigenvalue weighted by atomic mass is 9.82. The summed E-state index contributed by atoms with van der Waals surface area (Å²) in [7, 11) is 1.57. The Kier molecular flexibility index (Phi) is 2.98. The van der Waals surface area contributed by atoms with E-state index in [2.05, 4.69) is 0 Å². The quantitative estimate of drug-likeness (QED) is 0.735. The van der Waals surface area contributed by atoms with Crippen molar-refractivity contribution >= 4 is 5.91 Å². The number of fused-ring (bicyclic) bond motifs is 1. The highest BCUT2D eigenvalue weighted by Crippen LogP contribution is 2.47. The van der Waals surface area contributed by atoms with E-state index >= 15 is 0 Å². The molecule has 2 atom stereocenters. The first-order valence-corrected chi connectivity index (χ1v) is 5.72. The summed E-state index contributed by atoms with van der Waals surface area (Å²) in [6, 6.07) is 0.380. The number of nitrogens with zero attached hydrogens (tertiary/aromatic N) is 1.